The second-order valence-corrected chi connectivity index (χ2v) is 4.86. The normalized spacial score (nSPS) is 10.3. The lowest BCUT2D eigenvalue weighted by molar-refractivity contribution is -0.648. The minimum Gasteiger partial charge on any atom is -0.382 e. The van der Waals surface area contributed by atoms with Crippen LogP contribution in [0.5, 0.6) is 0 Å². The average molecular weight is 276 g/mol. The second kappa shape index (κ2) is 5.22. The maximum Gasteiger partial charge on any atom is 0.413 e. The van der Waals surface area contributed by atoms with Gasteiger partial charge in [-0.05, 0) is 35.9 Å². The Labute approximate surface area is 122 Å². The summed E-state index contributed by atoms with van der Waals surface area (Å²) >= 11 is 0. The average Bonchev–Trinajstić information content (AvgIpc) is 2.90. The zero-order valence-corrected chi connectivity index (χ0v) is 11.9. The van der Waals surface area contributed by atoms with E-state index in [1.807, 2.05) is 50.2 Å². The van der Waals surface area contributed by atoms with E-state index >= 15 is 0 Å². The third kappa shape index (κ3) is 2.54. The smallest absolute Gasteiger partial charge is 0.382 e. The van der Waals surface area contributed by atoms with Crippen LogP contribution in [-0.4, -0.2) is 5.10 Å². The molecule has 0 aliphatic carbocycles. The largest absolute Gasteiger partial charge is 0.413 e. The molecule has 21 heavy (non-hydrogen) atoms. The van der Waals surface area contributed by atoms with Gasteiger partial charge in [0, 0.05) is 24.2 Å². The molecule has 1 aromatic heterocycles. The van der Waals surface area contributed by atoms with Crippen molar-refractivity contribution >= 4 is 0 Å². The number of aryl methyl sites for hydroxylation is 2. The quantitative estimate of drug-likeness (QED) is 0.676. The Morgan fingerprint density at radius 1 is 1.00 bits per heavy atom. The first-order valence-electron chi connectivity index (χ1n) is 6.65. The first-order valence-corrected chi connectivity index (χ1v) is 6.65. The molecule has 1 heterocycles. The van der Waals surface area contributed by atoms with E-state index in [0.29, 0.717) is 17.3 Å². The Morgan fingerprint density at radius 3 is 2.29 bits per heavy atom. The van der Waals surface area contributed by atoms with Gasteiger partial charge >= 0.3 is 5.89 Å². The minimum atomic E-state index is 0.593. The van der Waals surface area contributed by atoms with Crippen molar-refractivity contribution in [3.63, 3.8) is 0 Å². The number of nitriles is 1. The number of aromatic nitrogens is 2. The molecule has 0 aliphatic rings. The van der Waals surface area contributed by atoms with Gasteiger partial charge in [0.15, 0.2) is 0 Å². The van der Waals surface area contributed by atoms with Gasteiger partial charge in [-0.25, -0.2) is 0 Å². The van der Waals surface area contributed by atoms with Gasteiger partial charge < -0.3 is 4.42 Å². The van der Waals surface area contributed by atoms with Crippen LogP contribution in [0.25, 0.3) is 17.1 Å². The highest BCUT2D eigenvalue weighted by atomic mass is 16.4. The molecule has 0 amide bonds. The Hall–Kier alpha value is -2.93. The predicted molar refractivity (Wildman–Crippen MR) is 77.7 cm³/mol. The Balaban J connectivity index is 2.10. The summed E-state index contributed by atoms with van der Waals surface area (Å²) in [5.74, 6) is 1.25. The Morgan fingerprint density at radius 2 is 1.67 bits per heavy atom. The molecule has 0 radical (unpaired) electrons. The highest BCUT2D eigenvalue weighted by Crippen LogP contribution is 2.18. The molecule has 0 aliphatic heterocycles. The van der Waals surface area contributed by atoms with E-state index in [1.165, 1.54) is 5.56 Å². The monoisotopic (exact) mass is 276 g/mol. The van der Waals surface area contributed by atoms with Crippen LogP contribution in [0.15, 0.2) is 52.9 Å². The summed E-state index contributed by atoms with van der Waals surface area (Å²) in [6.07, 6.45) is 0. The summed E-state index contributed by atoms with van der Waals surface area (Å²) in [5, 5.41) is 13.3. The molecular formula is C17H14N3O+. The van der Waals surface area contributed by atoms with E-state index in [4.69, 9.17) is 9.68 Å². The van der Waals surface area contributed by atoms with Crippen LogP contribution < -0.4 is 4.68 Å². The van der Waals surface area contributed by atoms with Crippen molar-refractivity contribution in [1.29, 1.82) is 5.26 Å². The molecule has 0 N–H and O–H groups in total. The van der Waals surface area contributed by atoms with Crippen LogP contribution in [-0.2, 0) is 0 Å². The van der Waals surface area contributed by atoms with Gasteiger partial charge in [-0.3, -0.25) is 0 Å². The molecule has 3 rings (SSSR count). The fourth-order valence-corrected chi connectivity index (χ4v) is 2.12. The fraction of sp³-hybridized carbons (Fsp3) is 0.118. The van der Waals surface area contributed by atoms with Crippen LogP contribution in [0.4, 0.5) is 0 Å². The van der Waals surface area contributed by atoms with E-state index < -0.39 is 0 Å². The summed E-state index contributed by atoms with van der Waals surface area (Å²) in [6.45, 7) is 3.86. The standard InChI is InChI=1S/C17H14N3O/c1-12-3-9-16(10-4-12)20-17(21-13(2)19-20)15-7-5-14(11-18)6-8-15/h3-10H,1-2H3/q+1. The highest BCUT2D eigenvalue weighted by Gasteiger charge is 2.24. The van der Waals surface area contributed by atoms with Gasteiger partial charge in [0.25, 0.3) is 5.89 Å². The van der Waals surface area contributed by atoms with E-state index in [1.54, 1.807) is 16.8 Å². The van der Waals surface area contributed by atoms with Gasteiger partial charge in [-0.1, -0.05) is 17.7 Å². The molecular weight excluding hydrogens is 262 g/mol. The molecule has 0 unspecified atom stereocenters. The molecule has 2 aromatic carbocycles. The van der Waals surface area contributed by atoms with Gasteiger partial charge in [-0.2, -0.15) is 5.26 Å². The maximum absolute atomic E-state index is 8.87. The molecule has 4 nitrogen and oxygen atoms in total. The van der Waals surface area contributed by atoms with Gasteiger partial charge in [0.05, 0.1) is 17.2 Å². The second-order valence-electron chi connectivity index (χ2n) is 4.86. The zero-order valence-electron chi connectivity index (χ0n) is 11.9. The predicted octanol–water partition coefficient (Wildman–Crippen LogP) is 3.11. The molecule has 102 valence electrons. The molecule has 0 saturated heterocycles. The fourth-order valence-electron chi connectivity index (χ4n) is 2.12. The lowest BCUT2D eigenvalue weighted by Crippen LogP contribution is -2.34. The molecule has 0 fully saturated rings. The lowest BCUT2D eigenvalue weighted by Gasteiger charge is -1.95. The van der Waals surface area contributed by atoms with Crippen LogP contribution in [0.2, 0.25) is 0 Å². The summed E-state index contributed by atoms with van der Waals surface area (Å²) in [5.41, 5.74) is 3.64. The molecule has 4 heteroatoms. The van der Waals surface area contributed by atoms with E-state index in [0.717, 1.165) is 11.3 Å². The van der Waals surface area contributed by atoms with E-state index in [-0.39, 0.29) is 0 Å². The van der Waals surface area contributed by atoms with Gasteiger partial charge in [-0.15, -0.1) is 0 Å². The van der Waals surface area contributed by atoms with Crippen molar-refractivity contribution in [2.75, 3.05) is 0 Å². The first kappa shape index (κ1) is 13.1. The van der Waals surface area contributed by atoms with Crippen molar-refractivity contribution in [1.82, 2.24) is 5.10 Å². The van der Waals surface area contributed by atoms with E-state index in [9.17, 15) is 0 Å². The lowest BCUT2D eigenvalue weighted by atomic mass is 10.1. The first-order chi connectivity index (χ1) is 10.2. The number of hydrogen-bond acceptors (Lipinski definition) is 3. The third-order valence-corrected chi connectivity index (χ3v) is 3.22. The molecule has 0 spiro atoms. The van der Waals surface area contributed by atoms with Crippen molar-refractivity contribution in [3.8, 4) is 23.2 Å². The molecule has 3 aromatic rings. The molecule has 0 bridgehead atoms. The van der Waals surface area contributed by atoms with Crippen molar-refractivity contribution in [2.45, 2.75) is 13.8 Å². The SMILES string of the molecule is Cc1ccc(-[n+]2nc(C)oc2-c2ccc(C#N)cc2)cc1. The molecule has 0 saturated carbocycles. The maximum atomic E-state index is 8.87. The van der Waals surface area contributed by atoms with Crippen LogP contribution in [0.1, 0.15) is 17.0 Å². The number of hydrogen-bond donors (Lipinski definition) is 0. The minimum absolute atomic E-state index is 0.593. The topological polar surface area (TPSA) is 53.7 Å². The Kier molecular flexibility index (Phi) is 3.25. The van der Waals surface area contributed by atoms with Gasteiger partial charge in [0.1, 0.15) is 0 Å². The third-order valence-electron chi connectivity index (χ3n) is 3.22. The number of nitrogens with zero attached hydrogens (tertiary/aromatic N) is 3. The Bertz CT molecular complexity index is 809. The van der Waals surface area contributed by atoms with Crippen molar-refractivity contribution in [2.24, 2.45) is 0 Å². The van der Waals surface area contributed by atoms with Crippen molar-refractivity contribution < 1.29 is 9.10 Å². The van der Waals surface area contributed by atoms with Crippen molar-refractivity contribution in [3.05, 3.63) is 65.5 Å². The number of benzene rings is 2. The highest BCUT2D eigenvalue weighted by molar-refractivity contribution is 5.53. The number of rotatable bonds is 2. The summed E-state index contributed by atoms with van der Waals surface area (Å²) in [4.78, 5) is 0. The van der Waals surface area contributed by atoms with E-state index in [2.05, 4.69) is 11.2 Å². The van der Waals surface area contributed by atoms with Gasteiger partial charge in [0.2, 0.25) is 5.69 Å². The van der Waals surface area contributed by atoms with Crippen LogP contribution >= 0.6 is 0 Å². The van der Waals surface area contributed by atoms with Crippen LogP contribution in [0.3, 0.4) is 0 Å². The summed E-state index contributed by atoms with van der Waals surface area (Å²) < 4.78 is 7.50. The van der Waals surface area contributed by atoms with Crippen LogP contribution in [0, 0.1) is 25.2 Å². The molecule has 0 atom stereocenters. The zero-order chi connectivity index (χ0) is 14.8. The summed E-state index contributed by atoms with van der Waals surface area (Å²) in [6, 6.07) is 17.5. The summed E-state index contributed by atoms with van der Waals surface area (Å²) in [7, 11) is 0.